The number of ketones is 3. The molecule has 0 saturated heterocycles. The number of rotatable bonds is 27. The first-order valence-electron chi connectivity index (χ1n) is 30.2. The van der Waals surface area contributed by atoms with E-state index in [-0.39, 0.29) is 46.0 Å². The molecule has 0 atom stereocenters. The number of hydrogen-bond acceptors (Lipinski definition) is 14. The van der Waals surface area contributed by atoms with E-state index in [0.29, 0.717) is 137 Å². The number of fused-ring (bicyclic) bond motifs is 3. The van der Waals surface area contributed by atoms with Gasteiger partial charge in [-0.15, -0.1) is 0 Å². The van der Waals surface area contributed by atoms with Crippen LogP contribution in [0.3, 0.4) is 0 Å². The highest BCUT2D eigenvalue weighted by Gasteiger charge is 2.27. The number of carbonyl (C=O) groups is 3. The zero-order chi connectivity index (χ0) is 65.5. The zero-order valence-corrected chi connectivity index (χ0v) is 59.1. The number of ether oxygens (including phenoxy) is 3. The van der Waals surface area contributed by atoms with Gasteiger partial charge in [-0.2, -0.15) is 0 Å². The number of phenols is 3. The van der Waals surface area contributed by atoms with Crippen LogP contribution in [0.5, 0.6) is 34.5 Å². The standard InChI is InChI=1S/C24H24Br2O4.C24H24I2O4.C24H28N2O4/c3*1-4-6-8-14(3)29-16-9-10-17-21(13-16)30-20(7-5-2)22(17)23(27)15-11-18(25)24(28)19(26)12-15/h2*9-13,28H,3-8H2,1-2H3;9-13,28H,3-8,25-26H2,1-2H3. The number of aromatic hydroxyl groups is 3. The van der Waals surface area contributed by atoms with Crippen LogP contribution in [0.2, 0.25) is 0 Å². The minimum Gasteiger partial charge on any atom is -0.506 e. The molecule has 0 unspecified atom stereocenters. The van der Waals surface area contributed by atoms with Crippen molar-refractivity contribution in [1.29, 1.82) is 0 Å². The second-order valence-corrected chi connectivity index (χ2v) is 25.8. The lowest BCUT2D eigenvalue weighted by atomic mass is 9.97. The molecule has 9 aromatic rings. The third kappa shape index (κ3) is 17.3. The van der Waals surface area contributed by atoms with Gasteiger partial charge in [0.25, 0.3) is 0 Å². The zero-order valence-electron chi connectivity index (χ0n) is 51.6. The molecule has 0 fully saturated rings. The summed E-state index contributed by atoms with van der Waals surface area (Å²) in [6, 6.07) is 26.0. The minimum atomic E-state index is -0.253. The van der Waals surface area contributed by atoms with Crippen LogP contribution in [0.15, 0.2) is 150 Å². The molecule has 474 valence electrons. The van der Waals surface area contributed by atoms with E-state index in [2.05, 4.69) is 79.3 Å². The van der Waals surface area contributed by atoms with Crippen molar-refractivity contribution in [2.24, 2.45) is 0 Å². The monoisotopic (exact) mass is 1570 g/mol. The van der Waals surface area contributed by atoms with E-state index in [9.17, 15) is 29.7 Å². The molecule has 0 aliphatic rings. The number of unbranched alkanes of at least 4 members (excludes halogenated alkanes) is 3. The third-order valence-electron chi connectivity index (χ3n) is 14.5. The molecule has 18 heteroatoms. The quantitative estimate of drug-likeness (QED) is 0.0106. The number of nitrogens with two attached hydrogens (primary N) is 2. The van der Waals surface area contributed by atoms with E-state index < -0.39 is 0 Å². The first-order valence-corrected chi connectivity index (χ1v) is 33.9. The van der Waals surface area contributed by atoms with Gasteiger partial charge >= 0.3 is 0 Å². The van der Waals surface area contributed by atoms with Crippen LogP contribution >= 0.6 is 77.0 Å². The number of phenolic OH excluding ortho intramolecular Hbond substituents is 3. The molecular weight excluding hydrogens is 1500 g/mol. The Morgan fingerprint density at radius 1 is 0.444 bits per heavy atom. The molecule has 0 aliphatic carbocycles. The lowest BCUT2D eigenvalue weighted by Gasteiger charge is -2.08. The summed E-state index contributed by atoms with van der Waals surface area (Å²) in [5.41, 5.74) is 16.4. The average Bonchev–Trinajstić information content (AvgIpc) is 2.17. The van der Waals surface area contributed by atoms with Crippen LogP contribution in [0.4, 0.5) is 11.4 Å². The van der Waals surface area contributed by atoms with Crippen LogP contribution in [0.1, 0.15) is 184 Å². The maximum absolute atomic E-state index is 13.4. The molecule has 0 radical (unpaired) electrons. The molecule has 0 aliphatic heterocycles. The van der Waals surface area contributed by atoms with Gasteiger partial charge in [-0.3, -0.25) is 14.4 Å². The number of benzene rings is 6. The van der Waals surface area contributed by atoms with Crippen molar-refractivity contribution < 1.29 is 57.2 Å². The molecule has 9 rings (SSSR count). The highest BCUT2D eigenvalue weighted by Crippen LogP contribution is 2.40. The van der Waals surface area contributed by atoms with Crippen molar-refractivity contribution in [1.82, 2.24) is 0 Å². The Hall–Kier alpha value is -7.01. The Bertz CT molecular complexity index is 3650. The van der Waals surface area contributed by atoms with Crippen LogP contribution in [0.25, 0.3) is 32.9 Å². The number of aryl methyl sites for hydroxylation is 3. The fourth-order valence-electron chi connectivity index (χ4n) is 9.94. The van der Waals surface area contributed by atoms with Gasteiger partial charge in [-0.05, 0) is 188 Å². The summed E-state index contributed by atoms with van der Waals surface area (Å²) in [7, 11) is 0. The van der Waals surface area contributed by atoms with Crippen molar-refractivity contribution >= 4 is 139 Å². The summed E-state index contributed by atoms with van der Waals surface area (Å²) in [5.74, 6) is 5.52. The smallest absolute Gasteiger partial charge is 0.197 e. The van der Waals surface area contributed by atoms with Crippen molar-refractivity contribution in [2.75, 3.05) is 11.5 Å². The highest BCUT2D eigenvalue weighted by molar-refractivity contribution is 14.1. The minimum absolute atomic E-state index is 0.0578. The highest BCUT2D eigenvalue weighted by atomic mass is 127. The summed E-state index contributed by atoms with van der Waals surface area (Å²) in [6.45, 7) is 24.4. The molecule has 3 heterocycles. The number of nitrogen functional groups attached to an aromatic ring is 2. The van der Waals surface area contributed by atoms with Gasteiger partial charge in [0.2, 0.25) is 0 Å². The van der Waals surface area contributed by atoms with E-state index in [4.69, 9.17) is 38.9 Å². The van der Waals surface area contributed by atoms with Gasteiger partial charge in [-0.25, -0.2) is 0 Å². The van der Waals surface area contributed by atoms with Gasteiger partial charge in [-0.1, -0.05) is 80.5 Å². The number of carbonyl (C=O) groups excluding carboxylic acids is 3. The first-order chi connectivity index (χ1) is 43.0. The number of halogens is 4. The molecule has 3 aromatic heterocycles. The SMILES string of the molecule is C=C(CCCC)Oc1ccc2c(C(=O)c3cc(Br)c(O)c(Br)c3)c(CCC)oc2c1.C=C(CCCC)Oc1ccc2c(C(=O)c3cc(I)c(O)c(I)c3)c(CCC)oc2c1.C=C(CCCC)Oc1ccc2c(C(=O)c3cc(N)c(O)c(N)c3)c(CCC)oc2c1. The number of hydrogen-bond donors (Lipinski definition) is 5. The molecule has 6 aromatic carbocycles. The van der Waals surface area contributed by atoms with Crippen LogP contribution in [-0.2, 0) is 19.3 Å². The summed E-state index contributed by atoms with van der Waals surface area (Å²) < 4.78 is 37.9. The Balaban J connectivity index is 0.000000192. The summed E-state index contributed by atoms with van der Waals surface area (Å²) in [6.07, 6.45) is 13.2. The normalized spacial score (nSPS) is 11.0. The maximum atomic E-state index is 13.4. The van der Waals surface area contributed by atoms with Crippen molar-refractivity contribution in [3.8, 4) is 34.5 Å². The molecule has 90 heavy (non-hydrogen) atoms. The van der Waals surface area contributed by atoms with Crippen molar-refractivity contribution in [3.63, 3.8) is 0 Å². The Labute approximate surface area is 569 Å². The molecule has 14 nitrogen and oxygen atoms in total. The largest absolute Gasteiger partial charge is 0.506 e. The predicted octanol–water partition coefficient (Wildman–Crippen LogP) is 21.1. The molecular formula is C72H76Br2I2N2O12. The van der Waals surface area contributed by atoms with Gasteiger partial charge in [0.1, 0.15) is 62.8 Å². The van der Waals surface area contributed by atoms with E-state index in [1.807, 2.05) is 101 Å². The Kier molecular flexibility index (Phi) is 25.7. The fourth-order valence-corrected chi connectivity index (χ4v) is 12.9. The summed E-state index contributed by atoms with van der Waals surface area (Å²) in [4.78, 5) is 40.1. The van der Waals surface area contributed by atoms with E-state index in [1.165, 1.54) is 12.1 Å². The van der Waals surface area contributed by atoms with E-state index >= 15 is 0 Å². The molecule has 0 bridgehead atoms. The van der Waals surface area contributed by atoms with Crippen LogP contribution in [0, 0.1) is 7.14 Å². The second kappa shape index (κ2) is 32.8. The van der Waals surface area contributed by atoms with E-state index in [0.717, 1.165) is 93.6 Å². The Morgan fingerprint density at radius 2 is 0.744 bits per heavy atom. The number of allylic oxidation sites excluding steroid dienone is 3. The van der Waals surface area contributed by atoms with Crippen LogP contribution < -0.4 is 25.7 Å². The van der Waals surface area contributed by atoms with Gasteiger partial charge in [0.15, 0.2) is 23.1 Å². The van der Waals surface area contributed by atoms with Crippen molar-refractivity contribution in [3.05, 3.63) is 195 Å². The average molecular weight is 1580 g/mol. The molecule has 0 amide bonds. The van der Waals surface area contributed by atoms with Gasteiger partial charge < -0.3 is 54.2 Å². The van der Waals surface area contributed by atoms with Crippen molar-refractivity contribution in [2.45, 2.75) is 138 Å². The molecule has 0 saturated carbocycles. The lowest BCUT2D eigenvalue weighted by Crippen LogP contribution is -2.06. The maximum Gasteiger partial charge on any atom is 0.197 e. The number of furan rings is 3. The van der Waals surface area contributed by atoms with Gasteiger partial charge in [0.05, 0.1) is 61.4 Å². The summed E-state index contributed by atoms with van der Waals surface area (Å²) in [5, 5.41) is 32.0. The number of anilines is 2. The van der Waals surface area contributed by atoms with E-state index in [1.54, 1.807) is 36.4 Å². The topological polar surface area (TPSA) is 231 Å². The fraction of sp³-hybridized carbons (Fsp3) is 0.292. The third-order valence-corrected chi connectivity index (χ3v) is 17.4. The molecule has 7 N–H and O–H groups in total. The van der Waals surface area contributed by atoms with Crippen LogP contribution in [-0.4, -0.2) is 32.7 Å². The lowest BCUT2D eigenvalue weighted by molar-refractivity contribution is 0.103. The first kappa shape index (κ1) is 70.4. The Morgan fingerprint density at radius 3 is 1.04 bits per heavy atom. The van der Waals surface area contributed by atoms with Gasteiger partial charge in [0, 0.05) is 89.6 Å². The molecule has 0 spiro atoms. The second-order valence-electron chi connectivity index (χ2n) is 21.7. The summed E-state index contributed by atoms with van der Waals surface area (Å²) >= 11 is 10.7. The predicted molar refractivity (Wildman–Crippen MR) is 383 cm³/mol.